The summed E-state index contributed by atoms with van der Waals surface area (Å²) in [5.41, 5.74) is 1.12. The molecule has 0 amide bonds. The molecule has 1 aromatic carbocycles. The van der Waals surface area contributed by atoms with Gasteiger partial charge in [-0.1, -0.05) is 36.4 Å². The summed E-state index contributed by atoms with van der Waals surface area (Å²) in [5, 5.41) is 3.36. The number of nitrogens with one attached hydrogen (secondary N) is 1. The van der Waals surface area contributed by atoms with Crippen LogP contribution in [0.25, 0.3) is 0 Å². The molecule has 0 aliphatic carbocycles. The first-order valence-electron chi connectivity index (χ1n) is 9.27. The number of piperazine rings is 1. The Kier molecular flexibility index (Phi) is 7.21. The molecule has 2 heterocycles. The van der Waals surface area contributed by atoms with Gasteiger partial charge >= 0.3 is 0 Å². The third-order valence-electron chi connectivity index (χ3n) is 4.55. The number of hydrogen-bond donors (Lipinski definition) is 1. The van der Waals surface area contributed by atoms with E-state index >= 15 is 0 Å². The van der Waals surface area contributed by atoms with Gasteiger partial charge < -0.3 is 15.1 Å². The Morgan fingerprint density at radius 1 is 1.11 bits per heavy atom. The minimum absolute atomic E-state index is 0.601. The quantitative estimate of drug-likeness (QED) is 0.606. The van der Waals surface area contributed by atoms with Gasteiger partial charge in [0.15, 0.2) is 5.96 Å². The van der Waals surface area contributed by atoms with Gasteiger partial charge in [-0.2, -0.15) is 0 Å². The van der Waals surface area contributed by atoms with E-state index in [9.17, 15) is 4.21 Å². The zero-order valence-corrected chi connectivity index (χ0v) is 16.6. The van der Waals surface area contributed by atoms with Gasteiger partial charge in [0.05, 0.1) is 0 Å². The number of guanidine groups is 1. The van der Waals surface area contributed by atoms with Crippen LogP contribution < -0.4 is 10.2 Å². The molecule has 6 nitrogen and oxygen atoms in total. The van der Waals surface area contributed by atoms with Gasteiger partial charge in [-0.3, -0.25) is 9.20 Å². The first-order chi connectivity index (χ1) is 13.3. The summed E-state index contributed by atoms with van der Waals surface area (Å²) >= 11 is 0. The van der Waals surface area contributed by atoms with E-state index in [1.807, 2.05) is 54.7 Å². The van der Waals surface area contributed by atoms with Crippen LogP contribution in [0.2, 0.25) is 0 Å². The molecule has 1 N–H and O–H groups in total. The van der Waals surface area contributed by atoms with Gasteiger partial charge in [0.1, 0.15) is 5.82 Å². The topological polar surface area (TPSA) is 60.8 Å². The van der Waals surface area contributed by atoms with Crippen LogP contribution in [0.4, 0.5) is 5.82 Å². The molecule has 0 bridgehead atoms. The van der Waals surface area contributed by atoms with Crippen molar-refractivity contribution in [3.8, 4) is 0 Å². The molecule has 1 fully saturated rings. The Balaban J connectivity index is 1.41. The highest BCUT2D eigenvalue weighted by molar-refractivity contribution is 7.84. The van der Waals surface area contributed by atoms with E-state index in [1.54, 1.807) is 7.05 Å². The maximum atomic E-state index is 12.3. The Morgan fingerprint density at radius 3 is 2.52 bits per heavy atom. The van der Waals surface area contributed by atoms with E-state index in [0.29, 0.717) is 18.1 Å². The van der Waals surface area contributed by atoms with Gasteiger partial charge in [0.2, 0.25) is 0 Å². The van der Waals surface area contributed by atoms with Gasteiger partial charge in [-0.25, -0.2) is 4.98 Å². The summed E-state index contributed by atoms with van der Waals surface area (Å²) in [5.74, 6) is 3.12. The predicted molar refractivity (Wildman–Crippen MR) is 113 cm³/mol. The van der Waals surface area contributed by atoms with Crippen molar-refractivity contribution in [2.75, 3.05) is 50.4 Å². The molecule has 2 aromatic rings. The maximum absolute atomic E-state index is 12.3. The van der Waals surface area contributed by atoms with Crippen molar-refractivity contribution < 1.29 is 4.21 Å². The Bertz CT molecular complexity index is 745. The second-order valence-electron chi connectivity index (χ2n) is 6.41. The van der Waals surface area contributed by atoms with Crippen LogP contribution >= 0.6 is 0 Å². The van der Waals surface area contributed by atoms with Crippen LogP contribution in [0, 0.1) is 0 Å². The van der Waals surface area contributed by atoms with Gasteiger partial charge in [0, 0.05) is 68.3 Å². The molecule has 1 saturated heterocycles. The molecule has 1 atom stereocenters. The lowest BCUT2D eigenvalue weighted by Gasteiger charge is -2.37. The fourth-order valence-electron chi connectivity index (χ4n) is 3.13. The maximum Gasteiger partial charge on any atom is 0.193 e. The first kappa shape index (κ1) is 19.4. The SMILES string of the molecule is CN=C(NCCS(=O)Cc1ccccc1)N1CCN(c2ccccn2)CC1. The van der Waals surface area contributed by atoms with Crippen molar-refractivity contribution in [1.29, 1.82) is 0 Å². The number of benzene rings is 1. The second-order valence-corrected chi connectivity index (χ2v) is 7.99. The minimum atomic E-state index is -0.877. The highest BCUT2D eigenvalue weighted by atomic mass is 32.2. The third-order valence-corrected chi connectivity index (χ3v) is 5.86. The number of anilines is 1. The average Bonchev–Trinajstić information content (AvgIpc) is 2.73. The van der Waals surface area contributed by atoms with Gasteiger partial charge in [-0.15, -0.1) is 0 Å². The zero-order valence-electron chi connectivity index (χ0n) is 15.8. The summed E-state index contributed by atoms with van der Waals surface area (Å²) in [6.07, 6.45) is 1.83. The van der Waals surface area contributed by atoms with Crippen molar-refractivity contribution in [3.63, 3.8) is 0 Å². The Hall–Kier alpha value is -2.41. The van der Waals surface area contributed by atoms with Crippen LogP contribution in [-0.4, -0.2) is 65.6 Å². The van der Waals surface area contributed by atoms with Crippen LogP contribution in [0.5, 0.6) is 0 Å². The molecule has 27 heavy (non-hydrogen) atoms. The van der Waals surface area contributed by atoms with Crippen molar-refractivity contribution in [2.24, 2.45) is 4.99 Å². The summed E-state index contributed by atoms with van der Waals surface area (Å²) in [7, 11) is 0.922. The van der Waals surface area contributed by atoms with E-state index in [-0.39, 0.29) is 0 Å². The zero-order chi connectivity index (χ0) is 18.9. The number of nitrogens with zero attached hydrogens (tertiary/aromatic N) is 4. The highest BCUT2D eigenvalue weighted by Crippen LogP contribution is 2.12. The average molecular weight is 386 g/mol. The summed E-state index contributed by atoms with van der Waals surface area (Å²) in [6.45, 7) is 4.27. The Morgan fingerprint density at radius 2 is 1.85 bits per heavy atom. The number of aromatic nitrogens is 1. The molecule has 1 aliphatic heterocycles. The van der Waals surface area contributed by atoms with Crippen LogP contribution in [0.1, 0.15) is 5.56 Å². The third kappa shape index (κ3) is 5.79. The summed E-state index contributed by atoms with van der Waals surface area (Å²) in [4.78, 5) is 13.4. The molecule has 3 rings (SSSR count). The molecule has 1 unspecified atom stereocenters. The monoisotopic (exact) mass is 385 g/mol. The summed E-state index contributed by atoms with van der Waals surface area (Å²) in [6, 6.07) is 16.0. The lowest BCUT2D eigenvalue weighted by molar-refractivity contribution is 0.372. The lowest BCUT2D eigenvalue weighted by atomic mass is 10.2. The van der Waals surface area contributed by atoms with Crippen molar-refractivity contribution in [2.45, 2.75) is 5.75 Å². The van der Waals surface area contributed by atoms with Crippen molar-refractivity contribution in [1.82, 2.24) is 15.2 Å². The molecule has 0 saturated carbocycles. The van der Waals surface area contributed by atoms with Crippen LogP contribution in [0.15, 0.2) is 59.7 Å². The molecule has 0 spiro atoms. The number of rotatable bonds is 6. The van der Waals surface area contributed by atoms with E-state index in [1.165, 1.54) is 0 Å². The Labute approximate surface area is 163 Å². The van der Waals surface area contributed by atoms with E-state index in [0.717, 1.165) is 43.5 Å². The fourth-order valence-corrected chi connectivity index (χ4v) is 4.17. The molecule has 7 heteroatoms. The van der Waals surface area contributed by atoms with E-state index < -0.39 is 10.8 Å². The normalized spacial score (nSPS) is 16.3. The second kappa shape index (κ2) is 10.1. The van der Waals surface area contributed by atoms with Crippen molar-refractivity contribution in [3.05, 3.63) is 60.3 Å². The van der Waals surface area contributed by atoms with E-state index in [2.05, 4.69) is 25.1 Å². The van der Waals surface area contributed by atoms with Crippen LogP contribution in [0.3, 0.4) is 0 Å². The fraction of sp³-hybridized carbons (Fsp3) is 0.400. The lowest BCUT2D eigenvalue weighted by Crippen LogP contribution is -2.53. The van der Waals surface area contributed by atoms with Crippen LogP contribution in [-0.2, 0) is 16.6 Å². The molecule has 1 aliphatic rings. The molecular weight excluding hydrogens is 358 g/mol. The largest absolute Gasteiger partial charge is 0.355 e. The van der Waals surface area contributed by atoms with E-state index in [4.69, 9.17) is 0 Å². The predicted octanol–water partition coefficient (Wildman–Crippen LogP) is 1.73. The van der Waals surface area contributed by atoms with Crippen molar-refractivity contribution >= 4 is 22.6 Å². The number of pyridine rings is 1. The minimum Gasteiger partial charge on any atom is -0.355 e. The first-order valence-corrected chi connectivity index (χ1v) is 10.8. The molecular formula is C20H27N5OS. The van der Waals surface area contributed by atoms with Gasteiger partial charge in [0.25, 0.3) is 0 Å². The van der Waals surface area contributed by atoms with Gasteiger partial charge in [-0.05, 0) is 17.7 Å². The number of aliphatic imine (C=N–C) groups is 1. The standard InChI is InChI=1S/C20H27N5OS/c1-21-20(23-11-16-27(26)17-18-7-3-2-4-8-18)25-14-12-24(13-15-25)19-9-5-6-10-22-19/h2-10H,11-17H2,1H3,(H,21,23). The smallest absolute Gasteiger partial charge is 0.193 e. The summed E-state index contributed by atoms with van der Waals surface area (Å²) < 4.78 is 12.3. The molecule has 0 radical (unpaired) electrons. The number of hydrogen-bond acceptors (Lipinski definition) is 4. The molecule has 1 aromatic heterocycles. The molecule has 144 valence electrons. The highest BCUT2D eigenvalue weighted by Gasteiger charge is 2.20.